The Morgan fingerprint density at radius 2 is 2.08 bits per heavy atom. The molecule has 3 rings (SSSR count). The van der Waals surface area contributed by atoms with E-state index in [0.717, 1.165) is 11.3 Å². The van der Waals surface area contributed by atoms with Crippen molar-refractivity contribution in [2.24, 2.45) is 0 Å². The van der Waals surface area contributed by atoms with Crippen LogP contribution >= 0.6 is 11.6 Å². The summed E-state index contributed by atoms with van der Waals surface area (Å²) in [6.07, 6.45) is 5.15. The Kier molecular flexibility index (Phi) is 4.76. The maximum atomic E-state index is 12.3. The van der Waals surface area contributed by atoms with Gasteiger partial charge in [-0.25, -0.2) is 4.98 Å². The summed E-state index contributed by atoms with van der Waals surface area (Å²) in [6, 6.07) is 11.5. The lowest BCUT2D eigenvalue weighted by Crippen LogP contribution is -2.23. The number of nitro groups is 1. The number of hydrogen-bond donors (Lipinski definition) is 1. The normalized spacial score (nSPS) is 10.4. The number of halogens is 1. The molecule has 0 saturated heterocycles. The second-order valence-corrected chi connectivity index (χ2v) is 5.61. The molecule has 1 heterocycles. The van der Waals surface area contributed by atoms with Crippen LogP contribution in [0.3, 0.4) is 0 Å². The zero-order chi connectivity index (χ0) is 17.8. The zero-order valence-corrected chi connectivity index (χ0v) is 13.7. The molecule has 0 atom stereocenters. The smallest absolute Gasteiger partial charge is 0.288 e. The second-order valence-electron chi connectivity index (χ2n) is 5.20. The highest BCUT2D eigenvalue weighted by Gasteiger charge is 2.16. The first-order chi connectivity index (χ1) is 12.1. The van der Waals surface area contributed by atoms with Crippen LogP contribution in [-0.2, 0) is 6.54 Å². The maximum absolute atomic E-state index is 12.3. The zero-order valence-electron chi connectivity index (χ0n) is 12.9. The minimum Gasteiger partial charge on any atom is -0.348 e. The standard InChI is InChI=1S/C17H13ClN4O3/c18-14-6-5-12(9-16(14)22(24)25)17(23)20-10-13-3-1-2-4-15(13)21-8-7-19-11-21/h1-9,11H,10H2,(H,20,23). The lowest BCUT2D eigenvalue weighted by atomic mass is 10.1. The van der Waals surface area contributed by atoms with E-state index in [0.29, 0.717) is 0 Å². The molecule has 0 aliphatic rings. The molecule has 8 heteroatoms. The van der Waals surface area contributed by atoms with E-state index in [1.54, 1.807) is 12.5 Å². The molecule has 3 aromatic rings. The first kappa shape index (κ1) is 16.7. The minimum atomic E-state index is -0.618. The van der Waals surface area contributed by atoms with Gasteiger partial charge in [0.15, 0.2) is 0 Å². The molecule has 0 radical (unpaired) electrons. The average molecular weight is 357 g/mol. The highest BCUT2D eigenvalue weighted by atomic mass is 35.5. The van der Waals surface area contributed by atoms with Crippen molar-refractivity contribution in [2.75, 3.05) is 0 Å². The fourth-order valence-corrected chi connectivity index (χ4v) is 2.57. The van der Waals surface area contributed by atoms with E-state index in [9.17, 15) is 14.9 Å². The first-order valence-electron chi connectivity index (χ1n) is 7.34. The fraction of sp³-hybridized carbons (Fsp3) is 0.0588. The molecular formula is C17H13ClN4O3. The van der Waals surface area contributed by atoms with Gasteiger partial charge in [-0.05, 0) is 23.8 Å². The molecule has 25 heavy (non-hydrogen) atoms. The van der Waals surface area contributed by atoms with Gasteiger partial charge in [-0.3, -0.25) is 14.9 Å². The molecule has 2 aromatic carbocycles. The van der Waals surface area contributed by atoms with Crippen LogP contribution in [-0.4, -0.2) is 20.4 Å². The van der Waals surface area contributed by atoms with E-state index < -0.39 is 10.8 Å². The van der Waals surface area contributed by atoms with E-state index in [1.807, 2.05) is 35.0 Å². The third-order valence-electron chi connectivity index (χ3n) is 3.62. The summed E-state index contributed by atoms with van der Waals surface area (Å²) >= 11 is 5.76. The topological polar surface area (TPSA) is 90.1 Å². The van der Waals surface area contributed by atoms with Gasteiger partial charge in [-0.15, -0.1) is 0 Å². The largest absolute Gasteiger partial charge is 0.348 e. The molecule has 0 aliphatic carbocycles. The molecule has 126 valence electrons. The SMILES string of the molecule is O=C(NCc1ccccc1-n1ccnc1)c1ccc(Cl)c([N+](=O)[O-])c1. The number of carbonyl (C=O) groups excluding carboxylic acids is 1. The van der Waals surface area contributed by atoms with Gasteiger partial charge in [0.2, 0.25) is 0 Å². The highest BCUT2D eigenvalue weighted by molar-refractivity contribution is 6.32. The van der Waals surface area contributed by atoms with Crippen molar-refractivity contribution in [3.8, 4) is 5.69 Å². The fourth-order valence-electron chi connectivity index (χ4n) is 2.39. The second kappa shape index (κ2) is 7.14. The van der Waals surface area contributed by atoms with Crippen molar-refractivity contribution in [1.82, 2.24) is 14.9 Å². The Morgan fingerprint density at radius 1 is 1.28 bits per heavy atom. The number of amides is 1. The van der Waals surface area contributed by atoms with E-state index >= 15 is 0 Å². The van der Waals surface area contributed by atoms with Gasteiger partial charge >= 0.3 is 0 Å². The molecule has 0 bridgehead atoms. The third-order valence-corrected chi connectivity index (χ3v) is 3.94. The van der Waals surface area contributed by atoms with Gasteiger partial charge in [0.05, 0.1) is 16.9 Å². The number of nitrogens with one attached hydrogen (secondary N) is 1. The summed E-state index contributed by atoms with van der Waals surface area (Å²) in [6.45, 7) is 0.267. The molecule has 0 unspecified atom stereocenters. The number of rotatable bonds is 5. The van der Waals surface area contributed by atoms with Gasteiger partial charge < -0.3 is 9.88 Å². The van der Waals surface area contributed by atoms with Gasteiger partial charge in [-0.2, -0.15) is 0 Å². The van der Waals surface area contributed by atoms with E-state index in [-0.39, 0.29) is 22.8 Å². The van der Waals surface area contributed by atoms with Crippen LogP contribution in [0.5, 0.6) is 0 Å². The van der Waals surface area contributed by atoms with E-state index in [1.165, 1.54) is 18.2 Å². The quantitative estimate of drug-likeness (QED) is 0.560. The summed E-state index contributed by atoms with van der Waals surface area (Å²) in [7, 11) is 0. The number of nitro benzene ring substituents is 1. The molecule has 1 N–H and O–H groups in total. The van der Waals surface area contributed by atoms with Crippen molar-refractivity contribution in [3.63, 3.8) is 0 Å². The molecule has 7 nitrogen and oxygen atoms in total. The van der Waals surface area contributed by atoms with Crippen LogP contribution in [0.15, 0.2) is 61.2 Å². The number of carbonyl (C=O) groups is 1. The monoisotopic (exact) mass is 356 g/mol. The Hall–Kier alpha value is -3.19. The number of nitrogens with zero attached hydrogens (tertiary/aromatic N) is 3. The molecule has 0 aliphatic heterocycles. The number of aromatic nitrogens is 2. The van der Waals surface area contributed by atoms with Gasteiger partial charge in [-0.1, -0.05) is 29.8 Å². The van der Waals surface area contributed by atoms with Crippen LogP contribution in [0.4, 0.5) is 5.69 Å². The van der Waals surface area contributed by atoms with Crippen molar-refractivity contribution in [2.45, 2.75) is 6.54 Å². The van der Waals surface area contributed by atoms with Crippen LogP contribution in [0.1, 0.15) is 15.9 Å². The molecule has 0 saturated carbocycles. The summed E-state index contributed by atoms with van der Waals surface area (Å²) in [5.41, 5.74) is 1.66. The van der Waals surface area contributed by atoms with E-state index in [4.69, 9.17) is 11.6 Å². The molecule has 0 fully saturated rings. The van der Waals surface area contributed by atoms with Gasteiger partial charge in [0, 0.05) is 30.6 Å². The minimum absolute atomic E-state index is 0.00740. The Morgan fingerprint density at radius 3 is 2.80 bits per heavy atom. The van der Waals surface area contributed by atoms with Crippen LogP contribution in [0.2, 0.25) is 5.02 Å². The maximum Gasteiger partial charge on any atom is 0.288 e. The average Bonchev–Trinajstić information content (AvgIpc) is 3.14. The number of para-hydroxylation sites is 1. The lowest BCUT2D eigenvalue weighted by molar-refractivity contribution is -0.384. The predicted molar refractivity (Wildman–Crippen MR) is 92.8 cm³/mol. The summed E-state index contributed by atoms with van der Waals surface area (Å²) < 4.78 is 1.84. The van der Waals surface area contributed by atoms with Crippen molar-refractivity contribution in [1.29, 1.82) is 0 Å². The lowest BCUT2D eigenvalue weighted by Gasteiger charge is -2.11. The van der Waals surface area contributed by atoms with Gasteiger partial charge in [0.1, 0.15) is 5.02 Å². The van der Waals surface area contributed by atoms with Gasteiger partial charge in [0.25, 0.3) is 11.6 Å². The van der Waals surface area contributed by atoms with Crippen molar-refractivity contribution in [3.05, 3.63) is 87.4 Å². The predicted octanol–water partition coefficient (Wildman–Crippen LogP) is 3.36. The summed E-state index contributed by atoms with van der Waals surface area (Å²) in [4.78, 5) is 26.6. The van der Waals surface area contributed by atoms with Crippen LogP contribution in [0.25, 0.3) is 5.69 Å². The molecule has 1 amide bonds. The van der Waals surface area contributed by atoms with Crippen molar-refractivity contribution >= 4 is 23.2 Å². The number of hydrogen-bond acceptors (Lipinski definition) is 4. The Bertz CT molecular complexity index is 925. The molecule has 0 spiro atoms. The molecule has 1 aromatic heterocycles. The highest BCUT2D eigenvalue weighted by Crippen LogP contribution is 2.25. The summed E-state index contributed by atoms with van der Waals surface area (Å²) in [5, 5.41) is 13.7. The van der Waals surface area contributed by atoms with Crippen LogP contribution < -0.4 is 5.32 Å². The number of imidazole rings is 1. The van der Waals surface area contributed by atoms with E-state index in [2.05, 4.69) is 10.3 Å². The number of benzene rings is 2. The summed E-state index contributed by atoms with van der Waals surface area (Å²) in [5.74, 6) is -0.416. The Balaban J connectivity index is 1.78. The van der Waals surface area contributed by atoms with Crippen LogP contribution in [0, 0.1) is 10.1 Å². The molecular weight excluding hydrogens is 344 g/mol. The first-order valence-corrected chi connectivity index (χ1v) is 7.72. The van der Waals surface area contributed by atoms with Crippen molar-refractivity contribution < 1.29 is 9.72 Å². The third kappa shape index (κ3) is 3.67. The Labute approximate surface area is 148 Å².